The van der Waals surface area contributed by atoms with Crippen LogP contribution in [-0.4, -0.2) is 29.0 Å². The molecule has 1 aliphatic rings. The van der Waals surface area contributed by atoms with Crippen molar-refractivity contribution >= 4 is 17.6 Å². The molecule has 0 unspecified atom stereocenters. The van der Waals surface area contributed by atoms with Crippen molar-refractivity contribution in [3.8, 4) is 0 Å². The lowest BCUT2D eigenvalue weighted by Crippen LogP contribution is -2.34. The first-order chi connectivity index (χ1) is 8.15. The van der Waals surface area contributed by atoms with Gasteiger partial charge in [0.05, 0.1) is 17.7 Å². The minimum Gasteiger partial charge on any atom is -0.298 e. The van der Waals surface area contributed by atoms with Gasteiger partial charge in [0.25, 0.3) is 11.8 Å². The molecule has 0 atom stereocenters. The summed E-state index contributed by atoms with van der Waals surface area (Å²) in [7, 11) is 0. The highest BCUT2D eigenvalue weighted by atomic mass is 16.2. The molecule has 0 spiro atoms. The predicted molar refractivity (Wildman–Crippen MR) is 61.4 cm³/mol. The number of hydrogen-bond donors (Lipinski definition) is 0. The molecule has 2 amide bonds. The summed E-state index contributed by atoms with van der Waals surface area (Å²) in [4.78, 5) is 36.2. The fourth-order valence-corrected chi connectivity index (χ4v) is 1.84. The van der Waals surface area contributed by atoms with Crippen molar-refractivity contribution in [2.75, 3.05) is 6.54 Å². The highest BCUT2D eigenvalue weighted by Gasteiger charge is 2.35. The van der Waals surface area contributed by atoms with Crippen molar-refractivity contribution in [2.45, 2.75) is 12.8 Å². The van der Waals surface area contributed by atoms with Gasteiger partial charge < -0.3 is 0 Å². The van der Waals surface area contributed by atoms with E-state index >= 15 is 0 Å². The third-order valence-corrected chi connectivity index (χ3v) is 2.67. The molecule has 1 heterocycles. The molecule has 0 saturated heterocycles. The van der Waals surface area contributed by atoms with Crippen molar-refractivity contribution in [1.29, 1.82) is 0 Å². The molecule has 0 saturated carbocycles. The number of carbonyl (C=O) groups excluding carboxylic acids is 3. The van der Waals surface area contributed by atoms with E-state index in [1.807, 2.05) is 0 Å². The Morgan fingerprint density at radius 2 is 1.65 bits per heavy atom. The van der Waals surface area contributed by atoms with Crippen LogP contribution in [0.2, 0.25) is 0 Å². The molecule has 1 aromatic carbocycles. The van der Waals surface area contributed by atoms with Gasteiger partial charge in [-0.2, -0.15) is 0 Å². The molecule has 4 nitrogen and oxygen atoms in total. The lowest BCUT2D eigenvalue weighted by molar-refractivity contribution is -0.119. The molecular weight excluding hydrogens is 218 g/mol. The summed E-state index contributed by atoms with van der Waals surface area (Å²) in [5.74, 6) is -0.916. The highest BCUT2D eigenvalue weighted by Crippen LogP contribution is 2.22. The molecule has 0 N–H and O–H groups in total. The topological polar surface area (TPSA) is 54.5 Å². The zero-order valence-electron chi connectivity index (χ0n) is 9.31. The molecule has 0 aromatic heterocycles. The number of benzene rings is 1. The van der Waals surface area contributed by atoms with E-state index in [2.05, 4.69) is 6.92 Å². The highest BCUT2D eigenvalue weighted by molar-refractivity contribution is 6.22. The molecular formula is C13H12NO3. The minimum absolute atomic E-state index is 0.144. The first kappa shape index (κ1) is 11.5. The van der Waals surface area contributed by atoms with Crippen molar-refractivity contribution in [1.82, 2.24) is 4.90 Å². The maximum absolute atomic E-state index is 11.9. The second-order valence-electron chi connectivity index (χ2n) is 3.88. The van der Waals surface area contributed by atoms with Gasteiger partial charge in [0.2, 0.25) is 0 Å². The van der Waals surface area contributed by atoms with Gasteiger partial charge in [-0.15, -0.1) is 0 Å². The summed E-state index contributed by atoms with van der Waals surface area (Å²) >= 11 is 0. The molecule has 4 heteroatoms. The first-order valence-corrected chi connectivity index (χ1v) is 5.41. The average molecular weight is 230 g/mol. The fourth-order valence-electron chi connectivity index (χ4n) is 1.84. The van der Waals surface area contributed by atoms with Crippen LogP contribution in [0, 0.1) is 6.92 Å². The molecule has 87 valence electrons. The number of imide groups is 1. The Labute approximate surface area is 99.2 Å². The molecule has 0 bridgehead atoms. The van der Waals surface area contributed by atoms with Gasteiger partial charge in [0.1, 0.15) is 0 Å². The number of carbonyl (C=O) groups is 3. The molecule has 1 radical (unpaired) electrons. The summed E-state index contributed by atoms with van der Waals surface area (Å²) < 4.78 is 0. The van der Waals surface area contributed by atoms with Gasteiger partial charge in [-0.3, -0.25) is 19.3 Å². The predicted octanol–water partition coefficient (Wildman–Crippen LogP) is 1.47. The summed E-state index contributed by atoms with van der Waals surface area (Å²) in [6.07, 6.45) is 0.759. The molecule has 0 aliphatic carbocycles. The third-order valence-electron chi connectivity index (χ3n) is 2.67. The van der Waals surface area contributed by atoms with Crippen molar-refractivity contribution in [3.63, 3.8) is 0 Å². The van der Waals surface area contributed by atoms with Gasteiger partial charge >= 0.3 is 0 Å². The number of rotatable bonds is 4. The standard InChI is InChI=1S/C13H12NO3/c1-2-5-9(15)8-14-12(16)10-6-3-4-7-11(10)13(14)17/h3-4,6-7H,1-2,5,8H2. The first-order valence-electron chi connectivity index (χ1n) is 5.41. The second-order valence-corrected chi connectivity index (χ2v) is 3.88. The maximum atomic E-state index is 11.9. The van der Waals surface area contributed by atoms with Gasteiger partial charge in [-0.1, -0.05) is 19.1 Å². The van der Waals surface area contributed by atoms with Gasteiger partial charge in [-0.25, -0.2) is 0 Å². The van der Waals surface area contributed by atoms with Crippen LogP contribution in [0.25, 0.3) is 0 Å². The van der Waals surface area contributed by atoms with Crippen LogP contribution < -0.4 is 0 Å². The smallest absolute Gasteiger partial charge is 0.261 e. The number of Topliss-reactive ketones (excluding diaryl/α,β-unsaturated/α-hetero) is 1. The van der Waals surface area contributed by atoms with Crippen LogP contribution in [0.4, 0.5) is 0 Å². The van der Waals surface area contributed by atoms with Crippen molar-refractivity contribution in [2.24, 2.45) is 0 Å². The molecule has 17 heavy (non-hydrogen) atoms. The Bertz CT molecular complexity index is 458. The molecule has 2 rings (SSSR count). The molecule has 0 fully saturated rings. The summed E-state index contributed by atoms with van der Waals surface area (Å²) in [5, 5.41) is 0. The SMILES string of the molecule is [CH2]CCC(=O)CN1C(=O)c2ccccc2C1=O. The van der Waals surface area contributed by atoms with Crippen LogP contribution in [0.15, 0.2) is 24.3 Å². The largest absolute Gasteiger partial charge is 0.298 e. The third kappa shape index (κ3) is 1.98. The summed E-state index contributed by atoms with van der Waals surface area (Å²) in [6.45, 7) is 3.42. The van der Waals surface area contributed by atoms with Crippen LogP contribution >= 0.6 is 0 Å². The second kappa shape index (κ2) is 4.49. The van der Waals surface area contributed by atoms with Crippen LogP contribution in [-0.2, 0) is 4.79 Å². The summed E-state index contributed by atoms with van der Waals surface area (Å²) in [5.41, 5.74) is 0.750. The number of nitrogens with zero attached hydrogens (tertiary/aromatic N) is 1. The number of fused-ring (bicyclic) bond motifs is 1. The van der Waals surface area contributed by atoms with Crippen molar-refractivity contribution < 1.29 is 14.4 Å². The quantitative estimate of drug-likeness (QED) is 0.736. The lowest BCUT2D eigenvalue weighted by Gasteiger charge is -2.11. The van der Waals surface area contributed by atoms with E-state index in [1.165, 1.54) is 0 Å². The summed E-state index contributed by atoms with van der Waals surface area (Å²) in [6, 6.07) is 6.60. The Hall–Kier alpha value is -1.97. The number of hydrogen-bond acceptors (Lipinski definition) is 3. The normalized spacial score (nSPS) is 14.1. The zero-order valence-corrected chi connectivity index (χ0v) is 9.31. The lowest BCUT2D eigenvalue weighted by atomic mass is 10.1. The van der Waals surface area contributed by atoms with E-state index < -0.39 is 0 Å². The van der Waals surface area contributed by atoms with E-state index in [0.717, 1.165) is 4.90 Å². The molecule has 1 aliphatic heterocycles. The Kier molecular flexibility index (Phi) is 3.04. The van der Waals surface area contributed by atoms with Gasteiger partial charge in [0.15, 0.2) is 5.78 Å². The Morgan fingerprint density at radius 3 is 2.12 bits per heavy atom. The zero-order chi connectivity index (χ0) is 12.4. The van der Waals surface area contributed by atoms with Crippen LogP contribution in [0.1, 0.15) is 33.6 Å². The Morgan fingerprint density at radius 1 is 1.12 bits per heavy atom. The number of ketones is 1. The fraction of sp³-hybridized carbons (Fsp3) is 0.231. The van der Waals surface area contributed by atoms with E-state index in [4.69, 9.17) is 0 Å². The van der Waals surface area contributed by atoms with E-state index in [-0.39, 0.29) is 30.6 Å². The van der Waals surface area contributed by atoms with E-state index in [1.54, 1.807) is 24.3 Å². The number of amides is 2. The Balaban J connectivity index is 2.22. The van der Waals surface area contributed by atoms with Crippen molar-refractivity contribution in [3.05, 3.63) is 42.3 Å². The van der Waals surface area contributed by atoms with Crippen LogP contribution in [0.5, 0.6) is 0 Å². The minimum atomic E-state index is -0.386. The van der Waals surface area contributed by atoms with Crippen LogP contribution in [0.3, 0.4) is 0 Å². The van der Waals surface area contributed by atoms with Gasteiger partial charge in [0, 0.05) is 6.42 Å². The van der Waals surface area contributed by atoms with E-state index in [9.17, 15) is 14.4 Å². The monoisotopic (exact) mass is 230 g/mol. The molecule has 1 aromatic rings. The van der Waals surface area contributed by atoms with Gasteiger partial charge in [-0.05, 0) is 18.6 Å². The maximum Gasteiger partial charge on any atom is 0.261 e. The van der Waals surface area contributed by atoms with E-state index in [0.29, 0.717) is 17.5 Å². The average Bonchev–Trinajstić information content (AvgIpc) is 2.56.